The fraction of sp³-hybridized carbons (Fsp3) is 0.300. The Bertz CT molecular complexity index is 957. The number of imide groups is 1. The number of thiophene rings is 1. The second kappa shape index (κ2) is 8.04. The van der Waals surface area contributed by atoms with Crippen LogP contribution in [0.25, 0.3) is 0 Å². The number of urea groups is 1. The SMILES string of the molecule is CC(C)[C@@H](NC(=O)c1cccs1)C(=O)Nc1cccc([C@@]2(C)NC(=O)NC2=O)c1. The molecule has 4 N–H and O–H groups in total. The van der Waals surface area contributed by atoms with E-state index in [1.165, 1.54) is 11.3 Å². The summed E-state index contributed by atoms with van der Waals surface area (Å²) >= 11 is 1.30. The van der Waals surface area contributed by atoms with Gasteiger partial charge in [-0.05, 0) is 42.0 Å². The van der Waals surface area contributed by atoms with E-state index < -0.39 is 23.5 Å². The van der Waals surface area contributed by atoms with Crippen LogP contribution >= 0.6 is 11.3 Å². The summed E-state index contributed by atoms with van der Waals surface area (Å²) in [5, 5.41) is 12.2. The lowest BCUT2D eigenvalue weighted by molar-refractivity contribution is -0.123. The summed E-state index contributed by atoms with van der Waals surface area (Å²) in [6, 6.07) is 8.84. The van der Waals surface area contributed by atoms with Crippen molar-refractivity contribution in [3.05, 3.63) is 52.2 Å². The van der Waals surface area contributed by atoms with Crippen molar-refractivity contribution in [2.24, 2.45) is 5.92 Å². The minimum Gasteiger partial charge on any atom is -0.339 e. The molecule has 2 aromatic rings. The van der Waals surface area contributed by atoms with Crippen molar-refractivity contribution < 1.29 is 19.2 Å². The molecule has 1 aliphatic rings. The molecule has 3 rings (SSSR count). The molecule has 1 aromatic heterocycles. The fourth-order valence-corrected chi connectivity index (χ4v) is 3.66. The highest BCUT2D eigenvalue weighted by molar-refractivity contribution is 7.12. The summed E-state index contributed by atoms with van der Waals surface area (Å²) in [7, 11) is 0. The van der Waals surface area contributed by atoms with Crippen LogP contribution in [0.4, 0.5) is 10.5 Å². The van der Waals surface area contributed by atoms with Crippen LogP contribution in [0.15, 0.2) is 41.8 Å². The predicted molar refractivity (Wildman–Crippen MR) is 110 cm³/mol. The van der Waals surface area contributed by atoms with Crippen LogP contribution in [0.3, 0.4) is 0 Å². The van der Waals surface area contributed by atoms with Gasteiger partial charge in [-0.3, -0.25) is 19.7 Å². The van der Waals surface area contributed by atoms with Gasteiger partial charge >= 0.3 is 6.03 Å². The highest BCUT2D eigenvalue weighted by atomic mass is 32.1. The Morgan fingerprint density at radius 3 is 2.48 bits per heavy atom. The second-order valence-corrected chi connectivity index (χ2v) is 8.22. The first-order chi connectivity index (χ1) is 13.7. The third-order valence-electron chi connectivity index (χ3n) is 4.73. The maximum absolute atomic E-state index is 12.8. The van der Waals surface area contributed by atoms with Gasteiger partial charge in [-0.1, -0.05) is 32.0 Å². The standard InChI is InChI=1S/C20H22N4O4S/c1-11(2)15(22-16(25)14-8-5-9-29-14)17(26)21-13-7-4-6-12(10-13)20(3)18(27)23-19(28)24-20/h4-11,15H,1-3H3,(H,21,26)(H,22,25)(H2,23,24,27,28)/t15-,20-/m1/s1. The molecule has 0 aliphatic carbocycles. The van der Waals surface area contributed by atoms with Crippen LogP contribution in [0.5, 0.6) is 0 Å². The number of rotatable bonds is 6. The van der Waals surface area contributed by atoms with Gasteiger partial charge in [0.05, 0.1) is 4.88 Å². The maximum atomic E-state index is 12.8. The van der Waals surface area contributed by atoms with Crippen molar-refractivity contribution >= 4 is 40.8 Å². The van der Waals surface area contributed by atoms with Crippen LogP contribution in [0.1, 0.15) is 36.0 Å². The zero-order valence-corrected chi connectivity index (χ0v) is 17.1. The number of hydrogen-bond donors (Lipinski definition) is 4. The van der Waals surface area contributed by atoms with E-state index in [-0.39, 0.29) is 17.7 Å². The van der Waals surface area contributed by atoms with E-state index in [1.54, 1.807) is 48.7 Å². The molecule has 0 saturated carbocycles. The Labute approximate surface area is 172 Å². The minimum absolute atomic E-state index is 0.139. The molecule has 0 unspecified atom stereocenters. The number of benzene rings is 1. The summed E-state index contributed by atoms with van der Waals surface area (Å²) in [5.74, 6) is -1.28. The third-order valence-corrected chi connectivity index (χ3v) is 5.60. The molecule has 29 heavy (non-hydrogen) atoms. The fourth-order valence-electron chi connectivity index (χ4n) is 3.03. The van der Waals surface area contributed by atoms with Gasteiger partial charge in [0, 0.05) is 5.69 Å². The number of nitrogens with one attached hydrogen (secondary N) is 4. The molecule has 8 nitrogen and oxygen atoms in total. The van der Waals surface area contributed by atoms with Gasteiger partial charge in [-0.15, -0.1) is 11.3 Å². The number of anilines is 1. The molecule has 0 radical (unpaired) electrons. The van der Waals surface area contributed by atoms with Crippen molar-refractivity contribution in [3.63, 3.8) is 0 Å². The van der Waals surface area contributed by atoms with Gasteiger partial charge in [-0.2, -0.15) is 0 Å². The third kappa shape index (κ3) is 4.29. The Kier molecular flexibility index (Phi) is 5.69. The highest BCUT2D eigenvalue weighted by Gasteiger charge is 2.43. The van der Waals surface area contributed by atoms with E-state index in [9.17, 15) is 19.2 Å². The largest absolute Gasteiger partial charge is 0.339 e. The van der Waals surface area contributed by atoms with Crippen molar-refractivity contribution in [1.82, 2.24) is 16.0 Å². The summed E-state index contributed by atoms with van der Waals surface area (Å²) in [6.45, 7) is 5.27. The van der Waals surface area contributed by atoms with E-state index in [0.29, 0.717) is 16.1 Å². The quantitative estimate of drug-likeness (QED) is 0.542. The molecule has 152 valence electrons. The molecule has 1 aliphatic heterocycles. The molecule has 0 spiro atoms. The lowest BCUT2D eigenvalue weighted by Gasteiger charge is -2.23. The van der Waals surface area contributed by atoms with Crippen LogP contribution in [-0.2, 0) is 15.1 Å². The normalized spacial score (nSPS) is 19.4. The van der Waals surface area contributed by atoms with Gasteiger partial charge in [0.1, 0.15) is 11.6 Å². The lowest BCUT2D eigenvalue weighted by Crippen LogP contribution is -2.47. The number of hydrogen-bond acceptors (Lipinski definition) is 5. The molecule has 2 heterocycles. The molecule has 1 saturated heterocycles. The van der Waals surface area contributed by atoms with Crippen LogP contribution in [0.2, 0.25) is 0 Å². The first-order valence-corrected chi connectivity index (χ1v) is 9.98. The van der Waals surface area contributed by atoms with Crippen LogP contribution < -0.4 is 21.3 Å². The minimum atomic E-state index is -1.22. The Balaban J connectivity index is 1.76. The maximum Gasteiger partial charge on any atom is 0.322 e. The Hall–Kier alpha value is -3.20. The van der Waals surface area contributed by atoms with Crippen LogP contribution in [0, 0.1) is 5.92 Å². The van der Waals surface area contributed by atoms with Gasteiger partial charge in [0.25, 0.3) is 11.8 Å². The van der Waals surface area contributed by atoms with Gasteiger partial charge in [-0.25, -0.2) is 4.79 Å². The lowest BCUT2D eigenvalue weighted by atomic mass is 9.92. The molecule has 1 aromatic carbocycles. The van der Waals surface area contributed by atoms with Crippen molar-refractivity contribution in [2.75, 3.05) is 5.32 Å². The van der Waals surface area contributed by atoms with E-state index >= 15 is 0 Å². The molecule has 9 heteroatoms. The van der Waals surface area contributed by atoms with Gasteiger partial charge in [0.2, 0.25) is 5.91 Å². The topological polar surface area (TPSA) is 116 Å². The summed E-state index contributed by atoms with van der Waals surface area (Å²) < 4.78 is 0. The van der Waals surface area contributed by atoms with E-state index in [4.69, 9.17) is 0 Å². The first kappa shape index (κ1) is 20.5. The summed E-state index contributed by atoms with van der Waals surface area (Å²) in [5.41, 5.74) is -0.232. The van der Waals surface area contributed by atoms with E-state index in [0.717, 1.165) is 0 Å². The monoisotopic (exact) mass is 414 g/mol. The van der Waals surface area contributed by atoms with E-state index in [2.05, 4.69) is 21.3 Å². The molecule has 2 atom stereocenters. The second-order valence-electron chi connectivity index (χ2n) is 7.28. The predicted octanol–water partition coefficient (Wildman–Crippen LogP) is 2.20. The van der Waals surface area contributed by atoms with Crippen molar-refractivity contribution in [1.29, 1.82) is 0 Å². The first-order valence-electron chi connectivity index (χ1n) is 9.10. The smallest absolute Gasteiger partial charge is 0.322 e. The molecule has 0 bridgehead atoms. The molecular weight excluding hydrogens is 392 g/mol. The summed E-state index contributed by atoms with van der Waals surface area (Å²) in [6.07, 6.45) is 0. The summed E-state index contributed by atoms with van der Waals surface area (Å²) in [4.78, 5) is 49.4. The Morgan fingerprint density at radius 2 is 1.90 bits per heavy atom. The molecule has 5 amide bonds. The molecular formula is C20H22N4O4S. The van der Waals surface area contributed by atoms with Gasteiger partial charge in [0.15, 0.2) is 0 Å². The average molecular weight is 414 g/mol. The zero-order chi connectivity index (χ0) is 21.2. The average Bonchev–Trinajstić information content (AvgIpc) is 3.28. The van der Waals surface area contributed by atoms with E-state index in [1.807, 2.05) is 13.8 Å². The Morgan fingerprint density at radius 1 is 1.14 bits per heavy atom. The van der Waals surface area contributed by atoms with Crippen molar-refractivity contribution in [2.45, 2.75) is 32.4 Å². The van der Waals surface area contributed by atoms with Gasteiger partial charge < -0.3 is 16.0 Å². The van der Waals surface area contributed by atoms with Crippen LogP contribution in [-0.4, -0.2) is 29.8 Å². The number of carbonyl (C=O) groups excluding carboxylic acids is 4. The molecule has 1 fully saturated rings. The zero-order valence-electron chi connectivity index (χ0n) is 16.2. The number of amides is 5. The van der Waals surface area contributed by atoms with Crippen molar-refractivity contribution in [3.8, 4) is 0 Å². The highest BCUT2D eigenvalue weighted by Crippen LogP contribution is 2.26. The number of carbonyl (C=O) groups is 4.